The third-order valence-electron chi connectivity index (χ3n) is 5.02. The van der Waals surface area contributed by atoms with Crippen molar-refractivity contribution in [2.75, 3.05) is 16.8 Å². The Balaban J connectivity index is 2.18. The first-order valence-corrected chi connectivity index (χ1v) is 9.65. The van der Waals surface area contributed by atoms with Gasteiger partial charge in [-0.1, -0.05) is 46.2 Å². The van der Waals surface area contributed by atoms with Crippen molar-refractivity contribution in [3.05, 3.63) is 24.3 Å². The summed E-state index contributed by atoms with van der Waals surface area (Å²) in [7, 11) is 0. The summed E-state index contributed by atoms with van der Waals surface area (Å²) in [6.07, 6.45) is 0.579. The van der Waals surface area contributed by atoms with Crippen molar-refractivity contribution in [1.82, 2.24) is 10.6 Å². The van der Waals surface area contributed by atoms with Crippen LogP contribution >= 0.6 is 0 Å². The molecule has 0 fully saturated rings. The zero-order chi connectivity index (χ0) is 21.7. The molecule has 0 aromatic heterocycles. The molecule has 1 aromatic rings. The highest BCUT2D eigenvalue weighted by atomic mass is 16.4. The molecule has 4 N–H and O–H groups in total. The normalized spacial score (nSPS) is 16.3. The summed E-state index contributed by atoms with van der Waals surface area (Å²) in [5.74, 6) is -2.59. The molecule has 0 unspecified atom stereocenters. The minimum atomic E-state index is -1.12. The monoisotopic (exact) mass is 404 g/mol. The van der Waals surface area contributed by atoms with Crippen LogP contribution in [0.4, 0.5) is 16.2 Å². The number of nitrogens with zero attached hydrogens (tertiary/aromatic N) is 1. The largest absolute Gasteiger partial charge is 0.480 e. The summed E-state index contributed by atoms with van der Waals surface area (Å²) in [6.45, 7) is 6.90. The minimum Gasteiger partial charge on any atom is -0.480 e. The van der Waals surface area contributed by atoms with Crippen molar-refractivity contribution >= 4 is 35.2 Å². The van der Waals surface area contributed by atoms with Crippen LogP contribution in [0.15, 0.2) is 24.3 Å². The van der Waals surface area contributed by atoms with Crippen LogP contribution in [0.3, 0.4) is 0 Å². The molecular weight excluding hydrogens is 376 g/mol. The standard InChI is InChI=1S/C20H28N4O5/c1-5-12(4)17(19(27)28)22-18(26)16(11(2)3)23-20(29)24-10-15(25)21-13-8-6-7-9-14(13)24/h6-9,11-12,16-17H,5,10H2,1-4H3,(H,21,25)(H,22,26)(H,23,29)(H,27,28)/t12-,16+,17+/m1/s1. The molecule has 2 rings (SSSR count). The lowest BCUT2D eigenvalue weighted by Crippen LogP contribution is -2.58. The van der Waals surface area contributed by atoms with Gasteiger partial charge in [-0.3, -0.25) is 14.5 Å². The molecule has 1 heterocycles. The van der Waals surface area contributed by atoms with E-state index in [0.29, 0.717) is 17.8 Å². The van der Waals surface area contributed by atoms with Crippen LogP contribution in [0.1, 0.15) is 34.1 Å². The van der Waals surface area contributed by atoms with E-state index in [1.165, 1.54) is 4.90 Å². The summed E-state index contributed by atoms with van der Waals surface area (Å²) < 4.78 is 0. The van der Waals surface area contributed by atoms with Crippen molar-refractivity contribution in [2.45, 2.75) is 46.2 Å². The van der Waals surface area contributed by atoms with Gasteiger partial charge in [-0.25, -0.2) is 9.59 Å². The topological polar surface area (TPSA) is 128 Å². The predicted molar refractivity (Wildman–Crippen MR) is 109 cm³/mol. The first-order chi connectivity index (χ1) is 13.6. The van der Waals surface area contributed by atoms with Crippen LogP contribution in [-0.2, 0) is 14.4 Å². The fourth-order valence-corrected chi connectivity index (χ4v) is 3.09. The number of benzene rings is 1. The Morgan fingerprint density at radius 3 is 2.38 bits per heavy atom. The molecule has 9 nitrogen and oxygen atoms in total. The lowest BCUT2D eigenvalue weighted by atomic mass is 9.97. The lowest BCUT2D eigenvalue weighted by Gasteiger charge is -2.32. The van der Waals surface area contributed by atoms with E-state index in [-0.39, 0.29) is 24.3 Å². The average molecular weight is 404 g/mol. The number of fused-ring (bicyclic) bond motifs is 1. The van der Waals surface area contributed by atoms with Crippen LogP contribution in [0.25, 0.3) is 0 Å². The molecule has 4 amide bonds. The second-order valence-electron chi connectivity index (χ2n) is 7.53. The molecule has 29 heavy (non-hydrogen) atoms. The number of hydrogen-bond acceptors (Lipinski definition) is 4. The Kier molecular flexibility index (Phi) is 7.19. The van der Waals surface area contributed by atoms with E-state index >= 15 is 0 Å². The molecule has 1 aliphatic rings. The van der Waals surface area contributed by atoms with Gasteiger partial charge in [0.1, 0.15) is 18.6 Å². The maximum absolute atomic E-state index is 12.9. The number of rotatable bonds is 7. The van der Waals surface area contributed by atoms with E-state index in [0.717, 1.165) is 0 Å². The molecule has 158 valence electrons. The summed E-state index contributed by atoms with van der Waals surface area (Å²) in [6, 6.07) is 4.26. The Bertz CT molecular complexity index is 795. The number of nitrogens with one attached hydrogen (secondary N) is 3. The van der Waals surface area contributed by atoms with Crippen LogP contribution in [-0.4, -0.2) is 47.5 Å². The van der Waals surface area contributed by atoms with E-state index in [4.69, 9.17) is 0 Å². The molecule has 0 saturated heterocycles. The first kappa shape index (κ1) is 22.2. The van der Waals surface area contributed by atoms with Crippen LogP contribution in [0, 0.1) is 11.8 Å². The van der Waals surface area contributed by atoms with Crippen LogP contribution in [0.2, 0.25) is 0 Å². The third-order valence-corrected chi connectivity index (χ3v) is 5.02. The van der Waals surface area contributed by atoms with Gasteiger partial charge in [-0.05, 0) is 24.0 Å². The van der Waals surface area contributed by atoms with Gasteiger partial charge < -0.3 is 21.1 Å². The van der Waals surface area contributed by atoms with Crippen molar-refractivity contribution in [3.8, 4) is 0 Å². The van der Waals surface area contributed by atoms with Gasteiger partial charge in [0.25, 0.3) is 0 Å². The zero-order valence-corrected chi connectivity index (χ0v) is 17.1. The second kappa shape index (κ2) is 9.40. The van der Waals surface area contributed by atoms with E-state index < -0.39 is 30.0 Å². The number of carbonyl (C=O) groups is 4. The SMILES string of the molecule is CC[C@@H](C)[C@H](NC(=O)[C@@H](NC(=O)N1CC(=O)Nc2ccccc21)C(C)C)C(=O)O. The van der Waals surface area contributed by atoms with Gasteiger partial charge in [0, 0.05) is 0 Å². The maximum atomic E-state index is 12.9. The van der Waals surface area contributed by atoms with Crippen molar-refractivity contribution in [3.63, 3.8) is 0 Å². The fourth-order valence-electron chi connectivity index (χ4n) is 3.09. The highest BCUT2D eigenvalue weighted by Crippen LogP contribution is 2.28. The number of para-hydroxylation sites is 2. The van der Waals surface area contributed by atoms with Gasteiger partial charge in [0.2, 0.25) is 11.8 Å². The molecule has 0 spiro atoms. The molecular formula is C20H28N4O5. The highest BCUT2D eigenvalue weighted by Gasteiger charge is 2.33. The number of amides is 4. The number of carboxylic acid groups (broad SMARTS) is 1. The Labute approximate surface area is 169 Å². The van der Waals surface area contributed by atoms with Crippen molar-refractivity contribution < 1.29 is 24.3 Å². The third kappa shape index (κ3) is 5.24. The molecule has 0 aliphatic carbocycles. The van der Waals surface area contributed by atoms with Crippen molar-refractivity contribution in [1.29, 1.82) is 0 Å². The molecule has 1 aromatic carbocycles. The number of carboxylic acids is 1. The predicted octanol–water partition coefficient (Wildman–Crippen LogP) is 1.79. The van der Waals surface area contributed by atoms with Gasteiger partial charge >= 0.3 is 12.0 Å². The molecule has 3 atom stereocenters. The molecule has 0 bridgehead atoms. The Hall–Kier alpha value is -3.10. The summed E-state index contributed by atoms with van der Waals surface area (Å²) >= 11 is 0. The Morgan fingerprint density at radius 1 is 1.14 bits per heavy atom. The molecule has 0 radical (unpaired) electrons. The van der Waals surface area contributed by atoms with Gasteiger partial charge in [0.05, 0.1) is 11.4 Å². The summed E-state index contributed by atoms with van der Waals surface area (Å²) in [4.78, 5) is 50.4. The smallest absolute Gasteiger partial charge is 0.326 e. The zero-order valence-electron chi connectivity index (χ0n) is 17.1. The fraction of sp³-hybridized carbons (Fsp3) is 0.500. The molecule has 0 saturated carbocycles. The summed E-state index contributed by atoms with van der Waals surface area (Å²) in [5, 5.41) is 17.3. The van der Waals surface area contributed by atoms with E-state index in [9.17, 15) is 24.3 Å². The van der Waals surface area contributed by atoms with E-state index in [2.05, 4.69) is 16.0 Å². The number of anilines is 2. The second-order valence-corrected chi connectivity index (χ2v) is 7.53. The van der Waals surface area contributed by atoms with Crippen LogP contribution < -0.4 is 20.9 Å². The lowest BCUT2D eigenvalue weighted by molar-refractivity contribution is -0.143. The molecule has 1 aliphatic heterocycles. The molecule has 9 heteroatoms. The highest BCUT2D eigenvalue weighted by molar-refractivity contribution is 6.10. The van der Waals surface area contributed by atoms with Gasteiger partial charge in [-0.15, -0.1) is 0 Å². The number of carbonyl (C=O) groups excluding carboxylic acids is 3. The maximum Gasteiger partial charge on any atom is 0.326 e. The average Bonchev–Trinajstić information content (AvgIpc) is 2.67. The van der Waals surface area contributed by atoms with Gasteiger partial charge in [0.15, 0.2) is 0 Å². The quantitative estimate of drug-likeness (QED) is 0.551. The minimum absolute atomic E-state index is 0.181. The number of urea groups is 1. The van der Waals surface area contributed by atoms with Crippen molar-refractivity contribution in [2.24, 2.45) is 11.8 Å². The summed E-state index contributed by atoms with van der Waals surface area (Å²) in [5.41, 5.74) is 1.03. The van der Waals surface area contributed by atoms with Crippen LogP contribution in [0.5, 0.6) is 0 Å². The first-order valence-electron chi connectivity index (χ1n) is 9.65. The van der Waals surface area contributed by atoms with E-state index in [1.807, 2.05) is 6.92 Å². The number of hydrogen-bond donors (Lipinski definition) is 4. The van der Waals surface area contributed by atoms with Gasteiger partial charge in [-0.2, -0.15) is 0 Å². The van der Waals surface area contributed by atoms with E-state index in [1.54, 1.807) is 45.0 Å². The number of aliphatic carboxylic acids is 1. The Morgan fingerprint density at radius 2 is 1.79 bits per heavy atom.